The molecule has 8 heteroatoms. The standard InChI is InChI=1S/C20H18ClN3O4/c1-26-16-9-12-6-7-24(11-14(12)10-17(16)27-2)20(25)19-23-22-18(28-19)13-4-3-5-15(21)8-13/h3-5,8-10H,6-7,11H2,1-2H3. The number of carbonyl (C=O) groups excluding carboxylic acids is 1. The third-order valence-corrected chi connectivity index (χ3v) is 4.92. The number of carbonyl (C=O) groups is 1. The Bertz CT molecular complexity index is 1030. The molecule has 7 nitrogen and oxygen atoms in total. The molecule has 1 aliphatic heterocycles. The molecule has 0 bridgehead atoms. The van der Waals surface area contributed by atoms with Gasteiger partial charge in [0.2, 0.25) is 5.89 Å². The maximum Gasteiger partial charge on any atom is 0.311 e. The molecule has 3 aromatic rings. The molecular formula is C20H18ClN3O4. The highest BCUT2D eigenvalue weighted by atomic mass is 35.5. The molecule has 0 N–H and O–H groups in total. The van der Waals surface area contributed by atoms with E-state index >= 15 is 0 Å². The Labute approximate surface area is 166 Å². The number of methoxy groups -OCH3 is 2. The Balaban J connectivity index is 1.55. The number of nitrogens with zero attached hydrogens (tertiary/aromatic N) is 3. The van der Waals surface area contributed by atoms with Crippen molar-refractivity contribution in [3.63, 3.8) is 0 Å². The number of hydrogen-bond acceptors (Lipinski definition) is 6. The van der Waals surface area contributed by atoms with Crippen LogP contribution in [0.3, 0.4) is 0 Å². The van der Waals surface area contributed by atoms with Gasteiger partial charge in [0.25, 0.3) is 0 Å². The van der Waals surface area contributed by atoms with Crippen LogP contribution < -0.4 is 9.47 Å². The van der Waals surface area contributed by atoms with E-state index in [1.54, 1.807) is 43.4 Å². The third kappa shape index (κ3) is 3.41. The van der Waals surface area contributed by atoms with Gasteiger partial charge in [-0.15, -0.1) is 10.2 Å². The predicted molar refractivity (Wildman–Crippen MR) is 103 cm³/mol. The summed E-state index contributed by atoms with van der Waals surface area (Å²) in [4.78, 5) is 14.5. The van der Waals surface area contributed by atoms with Crippen LogP contribution in [0.15, 0.2) is 40.8 Å². The van der Waals surface area contributed by atoms with Crippen molar-refractivity contribution < 1.29 is 18.7 Å². The second kappa shape index (κ2) is 7.52. The van der Waals surface area contributed by atoms with E-state index in [0.717, 1.165) is 11.1 Å². The second-order valence-electron chi connectivity index (χ2n) is 6.38. The quantitative estimate of drug-likeness (QED) is 0.667. The van der Waals surface area contributed by atoms with Gasteiger partial charge >= 0.3 is 11.8 Å². The molecule has 0 saturated heterocycles. The maximum absolute atomic E-state index is 12.8. The van der Waals surface area contributed by atoms with E-state index in [0.29, 0.717) is 41.6 Å². The van der Waals surface area contributed by atoms with Crippen molar-refractivity contribution >= 4 is 17.5 Å². The summed E-state index contributed by atoms with van der Waals surface area (Å²) in [7, 11) is 3.20. The van der Waals surface area contributed by atoms with Gasteiger partial charge in [-0.3, -0.25) is 4.79 Å². The van der Waals surface area contributed by atoms with Crippen LogP contribution in [-0.4, -0.2) is 41.8 Å². The van der Waals surface area contributed by atoms with E-state index in [1.807, 2.05) is 12.1 Å². The normalized spacial score (nSPS) is 13.2. The fourth-order valence-corrected chi connectivity index (χ4v) is 3.43. The number of rotatable bonds is 4. The van der Waals surface area contributed by atoms with Crippen molar-refractivity contribution in [1.82, 2.24) is 15.1 Å². The zero-order valence-electron chi connectivity index (χ0n) is 15.4. The van der Waals surface area contributed by atoms with Gasteiger partial charge in [0.05, 0.1) is 14.2 Å². The smallest absolute Gasteiger partial charge is 0.311 e. The first-order valence-electron chi connectivity index (χ1n) is 8.71. The Morgan fingerprint density at radius 1 is 1.11 bits per heavy atom. The fourth-order valence-electron chi connectivity index (χ4n) is 3.24. The molecule has 2 aromatic carbocycles. The van der Waals surface area contributed by atoms with Crippen LogP contribution in [0.1, 0.15) is 21.8 Å². The first-order chi connectivity index (χ1) is 13.6. The van der Waals surface area contributed by atoms with Crippen molar-refractivity contribution in [2.75, 3.05) is 20.8 Å². The highest BCUT2D eigenvalue weighted by Gasteiger charge is 2.27. The Hall–Kier alpha value is -3.06. The molecule has 0 aliphatic carbocycles. The molecule has 0 atom stereocenters. The number of fused-ring (bicyclic) bond motifs is 1. The van der Waals surface area contributed by atoms with Gasteiger partial charge in [-0.1, -0.05) is 17.7 Å². The van der Waals surface area contributed by atoms with E-state index in [2.05, 4.69) is 10.2 Å². The van der Waals surface area contributed by atoms with Crippen LogP contribution in [0.4, 0.5) is 0 Å². The van der Waals surface area contributed by atoms with Gasteiger partial charge < -0.3 is 18.8 Å². The third-order valence-electron chi connectivity index (χ3n) is 4.68. The number of aromatic nitrogens is 2. The van der Waals surface area contributed by atoms with Gasteiger partial charge in [0.1, 0.15) is 0 Å². The van der Waals surface area contributed by atoms with E-state index in [4.69, 9.17) is 25.5 Å². The highest BCUT2D eigenvalue weighted by molar-refractivity contribution is 6.30. The van der Waals surface area contributed by atoms with Gasteiger partial charge in [0, 0.05) is 23.7 Å². The summed E-state index contributed by atoms with van der Waals surface area (Å²) in [6.07, 6.45) is 0.705. The molecular weight excluding hydrogens is 382 g/mol. The van der Waals surface area contributed by atoms with Crippen molar-refractivity contribution in [2.45, 2.75) is 13.0 Å². The zero-order chi connectivity index (χ0) is 19.7. The SMILES string of the molecule is COc1cc2c(cc1OC)CN(C(=O)c1nnc(-c3cccc(Cl)c3)o1)CC2. The molecule has 144 valence electrons. The van der Waals surface area contributed by atoms with Crippen molar-refractivity contribution in [3.8, 4) is 23.0 Å². The predicted octanol–water partition coefficient (Wildman–Crippen LogP) is 3.61. The monoisotopic (exact) mass is 399 g/mol. The van der Waals surface area contributed by atoms with E-state index in [9.17, 15) is 4.79 Å². The van der Waals surface area contributed by atoms with Crippen LogP contribution in [0.25, 0.3) is 11.5 Å². The first-order valence-corrected chi connectivity index (χ1v) is 9.09. The minimum atomic E-state index is -0.304. The minimum Gasteiger partial charge on any atom is -0.493 e. The van der Waals surface area contributed by atoms with Crippen LogP contribution in [-0.2, 0) is 13.0 Å². The topological polar surface area (TPSA) is 77.7 Å². The molecule has 1 aromatic heterocycles. The molecule has 0 unspecified atom stereocenters. The largest absolute Gasteiger partial charge is 0.493 e. The summed E-state index contributed by atoms with van der Waals surface area (Å²) < 4.78 is 16.3. The molecule has 1 amide bonds. The lowest BCUT2D eigenvalue weighted by Crippen LogP contribution is -2.36. The zero-order valence-corrected chi connectivity index (χ0v) is 16.2. The number of amides is 1. The molecule has 2 heterocycles. The molecule has 4 rings (SSSR count). The maximum atomic E-state index is 12.8. The van der Waals surface area contributed by atoms with Crippen molar-refractivity contribution in [3.05, 3.63) is 58.4 Å². The summed E-state index contributed by atoms with van der Waals surface area (Å²) in [6.45, 7) is 0.986. The summed E-state index contributed by atoms with van der Waals surface area (Å²) in [6, 6.07) is 10.9. The fraction of sp³-hybridized carbons (Fsp3) is 0.250. The highest BCUT2D eigenvalue weighted by Crippen LogP contribution is 2.33. The van der Waals surface area contributed by atoms with E-state index in [1.165, 1.54) is 0 Å². The summed E-state index contributed by atoms with van der Waals surface area (Å²) >= 11 is 6.00. The number of benzene rings is 2. The Morgan fingerprint density at radius 2 is 1.86 bits per heavy atom. The van der Waals surface area contributed by atoms with Crippen molar-refractivity contribution in [2.24, 2.45) is 0 Å². The number of hydrogen-bond donors (Lipinski definition) is 0. The lowest BCUT2D eigenvalue weighted by Gasteiger charge is -2.28. The van der Waals surface area contributed by atoms with Crippen LogP contribution in [0.2, 0.25) is 5.02 Å². The molecule has 0 saturated carbocycles. The molecule has 0 fully saturated rings. The first kappa shape index (κ1) is 18.3. The molecule has 0 spiro atoms. The number of halogens is 1. The molecule has 1 aliphatic rings. The van der Waals surface area contributed by atoms with Crippen molar-refractivity contribution in [1.29, 1.82) is 0 Å². The van der Waals surface area contributed by atoms with Gasteiger partial charge in [-0.2, -0.15) is 0 Å². The van der Waals surface area contributed by atoms with E-state index in [-0.39, 0.29) is 17.7 Å². The molecule has 0 radical (unpaired) electrons. The summed E-state index contributed by atoms with van der Waals surface area (Å²) in [5.74, 6) is 1.23. The van der Waals surface area contributed by atoms with E-state index < -0.39 is 0 Å². The number of ether oxygens (including phenoxy) is 2. The summed E-state index contributed by atoms with van der Waals surface area (Å²) in [5, 5.41) is 8.45. The second-order valence-corrected chi connectivity index (χ2v) is 6.81. The lowest BCUT2D eigenvalue weighted by molar-refractivity contribution is 0.0694. The van der Waals surface area contributed by atoms with Crippen LogP contribution in [0, 0.1) is 0 Å². The Kier molecular flexibility index (Phi) is 4.92. The minimum absolute atomic E-state index is 0.0427. The average Bonchev–Trinajstić information content (AvgIpc) is 3.22. The Morgan fingerprint density at radius 3 is 2.57 bits per heavy atom. The molecule has 28 heavy (non-hydrogen) atoms. The van der Waals surface area contributed by atoms with Crippen LogP contribution in [0.5, 0.6) is 11.5 Å². The lowest BCUT2D eigenvalue weighted by atomic mass is 9.98. The van der Waals surface area contributed by atoms with Crippen LogP contribution >= 0.6 is 11.6 Å². The summed E-state index contributed by atoms with van der Waals surface area (Å²) in [5.41, 5.74) is 2.80. The average molecular weight is 400 g/mol. The van der Waals surface area contributed by atoms with Gasteiger partial charge in [-0.05, 0) is 47.9 Å². The van der Waals surface area contributed by atoms with Gasteiger partial charge in [0.15, 0.2) is 11.5 Å². The van der Waals surface area contributed by atoms with Gasteiger partial charge in [-0.25, -0.2) is 0 Å².